The number of carboxylic acid groups (broad SMARTS) is 1. The van der Waals surface area contributed by atoms with Gasteiger partial charge in [0.25, 0.3) is 0 Å². The summed E-state index contributed by atoms with van der Waals surface area (Å²) in [6.45, 7) is 1.62. The zero-order valence-electron chi connectivity index (χ0n) is 10.5. The number of halogens is 3. The number of urea groups is 1. The van der Waals surface area contributed by atoms with Crippen molar-refractivity contribution in [2.24, 2.45) is 5.92 Å². The van der Waals surface area contributed by atoms with Crippen LogP contribution in [0.4, 0.5) is 23.7 Å². The van der Waals surface area contributed by atoms with Crippen molar-refractivity contribution < 1.29 is 27.9 Å². The molecule has 20 heavy (non-hydrogen) atoms. The minimum Gasteiger partial charge on any atom is -0.481 e. The Balaban J connectivity index is 2.57. The Morgan fingerprint density at radius 2 is 1.95 bits per heavy atom. The lowest BCUT2D eigenvalue weighted by Crippen LogP contribution is -2.33. The molecule has 0 radical (unpaired) electrons. The molecule has 5 nitrogen and oxygen atoms in total. The SMILES string of the molecule is CC(CNC(=O)Nc1cc(F)cc(F)c1F)CC(=O)O. The number of aliphatic carboxylic acids is 1. The highest BCUT2D eigenvalue weighted by atomic mass is 19.2. The molecule has 1 unspecified atom stereocenters. The zero-order chi connectivity index (χ0) is 15.3. The highest BCUT2D eigenvalue weighted by Gasteiger charge is 2.14. The van der Waals surface area contributed by atoms with Crippen molar-refractivity contribution in [1.82, 2.24) is 5.32 Å². The van der Waals surface area contributed by atoms with Crippen molar-refractivity contribution in [1.29, 1.82) is 0 Å². The topological polar surface area (TPSA) is 78.4 Å². The summed E-state index contributed by atoms with van der Waals surface area (Å²) >= 11 is 0. The fourth-order valence-electron chi connectivity index (χ4n) is 1.45. The second-order valence-corrected chi connectivity index (χ2v) is 4.29. The first-order chi connectivity index (χ1) is 9.29. The molecule has 0 saturated heterocycles. The van der Waals surface area contributed by atoms with Crippen LogP contribution in [0, 0.1) is 23.4 Å². The predicted octanol–water partition coefficient (Wildman–Crippen LogP) is 2.34. The van der Waals surface area contributed by atoms with Crippen LogP contribution in [-0.4, -0.2) is 23.7 Å². The first kappa shape index (κ1) is 15.8. The molecule has 8 heteroatoms. The number of amides is 2. The number of carboxylic acids is 1. The molecular formula is C12H13F3N2O3. The van der Waals surface area contributed by atoms with Crippen LogP contribution >= 0.6 is 0 Å². The molecule has 0 aromatic heterocycles. The molecule has 0 bridgehead atoms. The van der Waals surface area contributed by atoms with Crippen molar-refractivity contribution in [2.75, 3.05) is 11.9 Å². The summed E-state index contributed by atoms with van der Waals surface area (Å²) < 4.78 is 39.0. The highest BCUT2D eigenvalue weighted by molar-refractivity contribution is 5.89. The summed E-state index contributed by atoms with van der Waals surface area (Å²) in [6.07, 6.45) is -0.150. The number of hydrogen-bond donors (Lipinski definition) is 3. The summed E-state index contributed by atoms with van der Waals surface area (Å²) in [4.78, 5) is 21.8. The van der Waals surface area contributed by atoms with Gasteiger partial charge in [-0.05, 0) is 5.92 Å². The van der Waals surface area contributed by atoms with E-state index in [0.717, 1.165) is 0 Å². The molecule has 2 amide bonds. The molecule has 0 spiro atoms. The van der Waals surface area contributed by atoms with Gasteiger partial charge < -0.3 is 15.7 Å². The van der Waals surface area contributed by atoms with Gasteiger partial charge in [0.05, 0.1) is 5.69 Å². The maximum Gasteiger partial charge on any atom is 0.319 e. The molecule has 0 aliphatic heterocycles. The van der Waals surface area contributed by atoms with Crippen LogP contribution in [-0.2, 0) is 4.79 Å². The standard InChI is InChI=1S/C12H13F3N2O3/c1-6(2-10(18)19)5-16-12(20)17-9-4-7(13)3-8(14)11(9)15/h3-4,6H,2,5H2,1H3,(H,18,19)(H2,16,17,20). The summed E-state index contributed by atoms with van der Waals surface area (Å²) in [7, 11) is 0. The molecule has 0 saturated carbocycles. The smallest absolute Gasteiger partial charge is 0.319 e. The normalized spacial score (nSPS) is 11.8. The third kappa shape index (κ3) is 4.79. The molecule has 0 heterocycles. The van der Waals surface area contributed by atoms with Crippen LogP contribution in [0.3, 0.4) is 0 Å². The van der Waals surface area contributed by atoms with Crippen molar-refractivity contribution >= 4 is 17.7 Å². The van der Waals surface area contributed by atoms with Crippen molar-refractivity contribution in [3.8, 4) is 0 Å². The van der Waals surface area contributed by atoms with Crippen molar-refractivity contribution in [3.63, 3.8) is 0 Å². The Morgan fingerprint density at radius 1 is 1.30 bits per heavy atom. The van der Waals surface area contributed by atoms with E-state index >= 15 is 0 Å². The van der Waals surface area contributed by atoms with E-state index in [1.807, 2.05) is 5.32 Å². The lowest BCUT2D eigenvalue weighted by atomic mass is 10.1. The van der Waals surface area contributed by atoms with Gasteiger partial charge >= 0.3 is 12.0 Å². The van der Waals surface area contributed by atoms with Crippen molar-refractivity contribution in [2.45, 2.75) is 13.3 Å². The third-order valence-electron chi connectivity index (χ3n) is 2.38. The predicted molar refractivity (Wildman–Crippen MR) is 64.8 cm³/mol. The molecule has 110 valence electrons. The quantitative estimate of drug-likeness (QED) is 0.728. The van der Waals surface area contributed by atoms with E-state index in [2.05, 4.69) is 5.32 Å². The molecule has 1 aromatic carbocycles. The third-order valence-corrected chi connectivity index (χ3v) is 2.38. The minimum atomic E-state index is -1.42. The van der Waals surface area contributed by atoms with E-state index in [-0.39, 0.29) is 18.9 Å². The van der Waals surface area contributed by atoms with Crippen molar-refractivity contribution in [3.05, 3.63) is 29.6 Å². The minimum absolute atomic E-state index is 0.0253. The summed E-state index contributed by atoms with van der Waals surface area (Å²) in [6, 6.07) is 0.109. The van der Waals surface area contributed by atoms with E-state index in [1.165, 1.54) is 0 Å². The van der Waals surface area contributed by atoms with Gasteiger partial charge in [-0.1, -0.05) is 6.92 Å². The average Bonchev–Trinajstić information content (AvgIpc) is 2.32. The van der Waals surface area contributed by atoms with Gasteiger partial charge in [-0.3, -0.25) is 4.79 Å². The number of rotatable bonds is 5. The van der Waals surface area contributed by atoms with Gasteiger partial charge in [-0.2, -0.15) is 0 Å². The van der Waals surface area contributed by atoms with Crippen LogP contribution in [0.15, 0.2) is 12.1 Å². The fourth-order valence-corrected chi connectivity index (χ4v) is 1.45. The Hall–Kier alpha value is -2.25. The van der Waals surface area contributed by atoms with Gasteiger partial charge in [-0.15, -0.1) is 0 Å². The number of benzene rings is 1. The Morgan fingerprint density at radius 3 is 2.55 bits per heavy atom. The molecule has 3 N–H and O–H groups in total. The van der Waals surface area contributed by atoms with Crippen LogP contribution in [0.5, 0.6) is 0 Å². The summed E-state index contributed by atoms with van der Waals surface area (Å²) in [5.74, 6) is -5.18. The monoisotopic (exact) mass is 290 g/mol. The zero-order valence-corrected chi connectivity index (χ0v) is 10.5. The summed E-state index contributed by atoms with van der Waals surface area (Å²) in [5, 5.41) is 12.7. The van der Waals surface area contributed by atoms with E-state index in [0.29, 0.717) is 12.1 Å². The average molecular weight is 290 g/mol. The number of carbonyl (C=O) groups is 2. The second-order valence-electron chi connectivity index (χ2n) is 4.29. The number of carbonyl (C=O) groups excluding carboxylic acids is 1. The second kappa shape index (κ2) is 6.78. The first-order valence-electron chi connectivity index (χ1n) is 5.70. The van der Waals surface area contributed by atoms with Gasteiger partial charge in [-0.25, -0.2) is 18.0 Å². The molecule has 1 atom stereocenters. The molecule has 0 fully saturated rings. The molecule has 0 aliphatic carbocycles. The summed E-state index contributed by atoms with van der Waals surface area (Å²) in [5.41, 5.74) is -0.633. The maximum absolute atomic E-state index is 13.3. The number of nitrogens with one attached hydrogen (secondary N) is 2. The fraction of sp³-hybridized carbons (Fsp3) is 0.333. The van der Waals surface area contributed by atoms with Gasteiger partial charge in [0, 0.05) is 25.1 Å². The van der Waals surface area contributed by atoms with Gasteiger partial charge in [0.15, 0.2) is 11.6 Å². The van der Waals surface area contributed by atoms with Gasteiger partial charge in [0.1, 0.15) is 5.82 Å². The Labute approximate surface area is 112 Å². The van der Waals surface area contributed by atoms with E-state index < -0.39 is 35.1 Å². The van der Waals surface area contributed by atoms with E-state index in [1.54, 1.807) is 6.92 Å². The van der Waals surface area contributed by atoms with E-state index in [9.17, 15) is 22.8 Å². The van der Waals surface area contributed by atoms with Gasteiger partial charge in [0.2, 0.25) is 0 Å². The lowest BCUT2D eigenvalue weighted by molar-refractivity contribution is -0.137. The van der Waals surface area contributed by atoms with Crippen LogP contribution < -0.4 is 10.6 Å². The Bertz CT molecular complexity index is 523. The van der Waals surface area contributed by atoms with Crippen LogP contribution in [0.2, 0.25) is 0 Å². The molecule has 1 aromatic rings. The van der Waals surface area contributed by atoms with E-state index in [4.69, 9.17) is 5.11 Å². The maximum atomic E-state index is 13.3. The lowest BCUT2D eigenvalue weighted by Gasteiger charge is -2.12. The van der Waals surface area contributed by atoms with Crippen LogP contribution in [0.1, 0.15) is 13.3 Å². The number of anilines is 1. The molecular weight excluding hydrogens is 277 g/mol. The largest absolute Gasteiger partial charge is 0.481 e. The molecule has 1 rings (SSSR count). The number of hydrogen-bond acceptors (Lipinski definition) is 2. The highest BCUT2D eigenvalue weighted by Crippen LogP contribution is 2.18. The van der Waals surface area contributed by atoms with Crippen LogP contribution in [0.25, 0.3) is 0 Å². The Kier molecular flexibility index (Phi) is 5.36. The first-order valence-corrected chi connectivity index (χ1v) is 5.70. The molecule has 0 aliphatic rings.